The summed E-state index contributed by atoms with van der Waals surface area (Å²) in [5.41, 5.74) is 5.04. The van der Waals surface area contributed by atoms with Gasteiger partial charge in [-0.15, -0.1) is 0 Å². The Morgan fingerprint density at radius 1 is 1.32 bits per heavy atom. The summed E-state index contributed by atoms with van der Waals surface area (Å²) in [6, 6.07) is 2.26. The zero-order chi connectivity index (χ0) is 13.9. The Bertz CT molecular complexity index is 430. The highest BCUT2D eigenvalue weighted by molar-refractivity contribution is 5.29. The van der Waals surface area contributed by atoms with Gasteiger partial charge in [0.25, 0.3) is 0 Å². The molecular weight excluding hydrogens is 257 g/mol. The highest BCUT2D eigenvalue weighted by Gasteiger charge is 2.33. The third-order valence-electron chi connectivity index (χ3n) is 3.44. The largest absolute Gasteiger partial charge is 0.477 e. The first-order chi connectivity index (χ1) is 9.00. The van der Waals surface area contributed by atoms with Crippen LogP contribution in [-0.2, 0) is 12.7 Å². The molecule has 1 saturated carbocycles. The van der Waals surface area contributed by atoms with E-state index in [0.717, 1.165) is 12.5 Å². The topological polar surface area (TPSA) is 48.1 Å². The lowest BCUT2D eigenvalue weighted by Gasteiger charge is -2.25. The van der Waals surface area contributed by atoms with E-state index in [0.29, 0.717) is 18.1 Å². The summed E-state index contributed by atoms with van der Waals surface area (Å²) >= 11 is 0. The predicted octanol–water partition coefficient (Wildman–Crippen LogP) is 3.13. The molecule has 1 aliphatic carbocycles. The van der Waals surface area contributed by atoms with E-state index in [4.69, 9.17) is 10.5 Å². The minimum atomic E-state index is -4.46. The second-order valence-electron chi connectivity index (χ2n) is 4.80. The smallest absolute Gasteiger partial charge is 0.433 e. The maximum Gasteiger partial charge on any atom is 0.433 e. The van der Waals surface area contributed by atoms with Crippen molar-refractivity contribution < 1.29 is 17.9 Å². The molecule has 1 fully saturated rings. The van der Waals surface area contributed by atoms with Crippen LogP contribution in [0, 0.1) is 5.92 Å². The summed E-state index contributed by atoms with van der Waals surface area (Å²) in [6.07, 6.45) is 0.00786. The van der Waals surface area contributed by atoms with Gasteiger partial charge in [-0.1, -0.05) is 25.3 Å². The fourth-order valence-corrected chi connectivity index (χ4v) is 2.01. The maximum absolute atomic E-state index is 12.6. The Hall–Kier alpha value is -1.30. The molecule has 1 aromatic rings. The Morgan fingerprint density at radius 3 is 2.58 bits per heavy atom. The zero-order valence-corrected chi connectivity index (χ0v) is 10.5. The van der Waals surface area contributed by atoms with E-state index in [2.05, 4.69) is 4.98 Å². The molecule has 1 heterocycles. The second-order valence-corrected chi connectivity index (χ2v) is 4.80. The molecule has 2 N–H and O–H groups in total. The number of nitrogens with zero attached hydrogens (tertiary/aromatic N) is 1. The second kappa shape index (κ2) is 5.77. The molecule has 1 aliphatic rings. The number of nitrogens with two attached hydrogens (primary N) is 1. The van der Waals surface area contributed by atoms with Gasteiger partial charge in [0.15, 0.2) is 0 Å². The zero-order valence-electron chi connectivity index (χ0n) is 10.5. The van der Waals surface area contributed by atoms with Crippen LogP contribution in [0.3, 0.4) is 0 Å². The van der Waals surface area contributed by atoms with Crippen LogP contribution in [-0.4, -0.2) is 11.6 Å². The predicted molar refractivity (Wildman–Crippen MR) is 64.6 cm³/mol. The Labute approximate surface area is 110 Å². The Morgan fingerprint density at radius 2 is 2.05 bits per heavy atom. The molecule has 0 aliphatic heterocycles. The summed E-state index contributed by atoms with van der Waals surface area (Å²) in [5, 5.41) is 0. The van der Waals surface area contributed by atoms with Crippen LogP contribution < -0.4 is 10.5 Å². The van der Waals surface area contributed by atoms with Crippen molar-refractivity contribution in [3.63, 3.8) is 0 Å². The van der Waals surface area contributed by atoms with E-state index in [-0.39, 0.29) is 12.4 Å². The van der Waals surface area contributed by atoms with Crippen molar-refractivity contribution in [2.75, 3.05) is 6.61 Å². The van der Waals surface area contributed by atoms with E-state index < -0.39 is 11.9 Å². The van der Waals surface area contributed by atoms with Gasteiger partial charge in [-0.25, -0.2) is 4.98 Å². The van der Waals surface area contributed by atoms with E-state index in [1.165, 1.54) is 25.3 Å². The van der Waals surface area contributed by atoms with Crippen molar-refractivity contribution in [3.05, 3.63) is 23.4 Å². The van der Waals surface area contributed by atoms with Crippen molar-refractivity contribution in [2.24, 2.45) is 11.7 Å². The first kappa shape index (κ1) is 14.1. The summed E-state index contributed by atoms with van der Waals surface area (Å²) in [5.74, 6) is 0.656. The minimum Gasteiger partial charge on any atom is -0.477 e. The van der Waals surface area contributed by atoms with Crippen LogP contribution in [0.2, 0.25) is 0 Å². The minimum absolute atomic E-state index is 0.0108. The number of halogens is 3. The van der Waals surface area contributed by atoms with Gasteiger partial charge in [0, 0.05) is 12.1 Å². The number of rotatable bonds is 5. The number of ether oxygens (including phenoxy) is 1. The van der Waals surface area contributed by atoms with Crippen molar-refractivity contribution >= 4 is 0 Å². The Kier molecular flexibility index (Phi) is 4.29. The molecular formula is C13H17F3N2O. The van der Waals surface area contributed by atoms with Gasteiger partial charge in [-0.05, 0) is 18.4 Å². The molecule has 106 valence electrons. The van der Waals surface area contributed by atoms with Crippen LogP contribution in [0.5, 0.6) is 5.88 Å². The molecule has 1 aromatic heterocycles. The molecule has 0 amide bonds. The summed E-state index contributed by atoms with van der Waals surface area (Å²) in [7, 11) is 0. The van der Waals surface area contributed by atoms with Crippen molar-refractivity contribution in [1.29, 1.82) is 0 Å². The van der Waals surface area contributed by atoms with Crippen LogP contribution in [0.1, 0.15) is 36.9 Å². The van der Waals surface area contributed by atoms with Gasteiger partial charge < -0.3 is 10.5 Å². The summed E-state index contributed by atoms with van der Waals surface area (Å²) in [6.45, 7) is 0.510. The van der Waals surface area contributed by atoms with Crippen LogP contribution in [0.4, 0.5) is 13.2 Å². The third kappa shape index (κ3) is 3.59. The lowest BCUT2D eigenvalue weighted by molar-refractivity contribution is -0.141. The quantitative estimate of drug-likeness (QED) is 0.897. The van der Waals surface area contributed by atoms with Crippen molar-refractivity contribution in [2.45, 2.75) is 38.4 Å². The number of alkyl halides is 3. The molecule has 19 heavy (non-hydrogen) atoms. The molecule has 2 rings (SSSR count). The number of aromatic nitrogens is 1. The molecule has 0 saturated heterocycles. The van der Waals surface area contributed by atoms with Gasteiger partial charge in [-0.3, -0.25) is 0 Å². The first-order valence-electron chi connectivity index (χ1n) is 6.40. The molecule has 3 nitrogen and oxygen atoms in total. The molecule has 0 atom stereocenters. The van der Waals surface area contributed by atoms with Crippen LogP contribution >= 0.6 is 0 Å². The summed E-state index contributed by atoms with van der Waals surface area (Å²) < 4.78 is 43.1. The van der Waals surface area contributed by atoms with Gasteiger partial charge in [-0.2, -0.15) is 13.2 Å². The lowest BCUT2D eigenvalue weighted by Crippen LogP contribution is -2.16. The van der Waals surface area contributed by atoms with Gasteiger partial charge in [0.1, 0.15) is 5.69 Å². The molecule has 0 bridgehead atoms. The molecule has 6 heteroatoms. The van der Waals surface area contributed by atoms with Gasteiger partial charge in [0.2, 0.25) is 5.88 Å². The molecule has 0 aromatic carbocycles. The number of hydrogen-bond acceptors (Lipinski definition) is 3. The third-order valence-corrected chi connectivity index (χ3v) is 3.44. The van der Waals surface area contributed by atoms with E-state index in [1.807, 2.05) is 0 Å². The van der Waals surface area contributed by atoms with Crippen molar-refractivity contribution in [1.82, 2.24) is 4.98 Å². The van der Waals surface area contributed by atoms with E-state index >= 15 is 0 Å². The Balaban J connectivity index is 2.02. The highest BCUT2D eigenvalue weighted by Crippen LogP contribution is 2.31. The monoisotopic (exact) mass is 274 g/mol. The average Bonchev–Trinajstić information content (AvgIpc) is 2.31. The van der Waals surface area contributed by atoms with Crippen molar-refractivity contribution in [3.8, 4) is 5.88 Å². The maximum atomic E-state index is 12.6. The lowest BCUT2D eigenvalue weighted by atomic mass is 9.83. The number of pyridine rings is 1. The first-order valence-corrected chi connectivity index (χ1v) is 6.40. The fraction of sp³-hybridized carbons (Fsp3) is 0.615. The van der Waals surface area contributed by atoms with Crippen LogP contribution in [0.25, 0.3) is 0 Å². The fourth-order valence-electron chi connectivity index (χ4n) is 2.01. The highest BCUT2D eigenvalue weighted by atomic mass is 19.4. The average molecular weight is 274 g/mol. The molecule has 0 unspecified atom stereocenters. The van der Waals surface area contributed by atoms with E-state index in [9.17, 15) is 13.2 Å². The van der Waals surface area contributed by atoms with E-state index in [1.54, 1.807) is 0 Å². The van der Waals surface area contributed by atoms with Crippen LogP contribution in [0.15, 0.2) is 12.1 Å². The standard InChI is InChI=1S/C13H17F3N2O/c14-13(15,16)11-5-4-10(8-17)12(18-11)19-7-6-9-2-1-3-9/h4-5,9H,1-3,6-8,17H2. The summed E-state index contributed by atoms with van der Waals surface area (Å²) in [4.78, 5) is 3.53. The normalized spacial score (nSPS) is 16.2. The molecule has 0 radical (unpaired) electrons. The number of hydrogen-bond donors (Lipinski definition) is 1. The van der Waals surface area contributed by atoms with Gasteiger partial charge >= 0.3 is 6.18 Å². The molecule has 0 spiro atoms. The van der Waals surface area contributed by atoms with Gasteiger partial charge in [0.05, 0.1) is 6.61 Å². The SMILES string of the molecule is NCc1ccc(C(F)(F)F)nc1OCCC1CCC1.